The first-order chi connectivity index (χ1) is 9.34. The molecule has 19 heavy (non-hydrogen) atoms. The standard InChI is InChI=1S/C17H19NO/c1-14-5-2-3-8-17(14)15-6-4-7-16(13-15)18-9-11-19-12-10-18/h2-8,13H,9-12H2,1H3. The number of benzene rings is 2. The topological polar surface area (TPSA) is 12.5 Å². The molecule has 0 radical (unpaired) electrons. The van der Waals surface area contributed by atoms with E-state index in [1.165, 1.54) is 22.4 Å². The monoisotopic (exact) mass is 253 g/mol. The Kier molecular flexibility index (Phi) is 3.51. The maximum Gasteiger partial charge on any atom is 0.0642 e. The highest BCUT2D eigenvalue weighted by Crippen LogP contribution is 2.27. The molecule has 1 aliphatic rings. The highest BCUT2D eigenvalue weighted by atomic mass is 16.5. The Hall–Kier alpha value is -1.80. The lowest BCUT2D eigenvalue weighted by Crippen LogP contribution is -2.36. The lowest BCUT2D eigenvalue weighted by molar-refractivity contribution is 0.122. The smallest absolute Gasteiger partial charge is 0.0642 e. The first-order valence-corrected chi connectivity index (χ1v) is 6.83. The van der Waals surface area contributed by atoms with Crippen molar-refractivity contribution >= 4 is 5.69 Å². The first kappa shape index (κ1) is 12.2. The Balaban J connectivity index is 1.93. The molecule has 1 saturated heterocycles. The minimum Gasteiger partial charge on any atom is -0.378 e. The normalized spacial score (nSPS) is 15.5. The fourth-order valence-corrected chi connectivity index (χ4v) is 2.59. The van der Waals surface area contributed by atoms with E-state index in [1.807, 2.05) is 0 Å². The lowest BCUT2D eigenvalue weighted by Gasteiger charge is -2.29. The van der Waals surface area contributed by atoms with Gasteiger partial charge in [0.1, 0.15) is 0 Å². The maximum atomic E-state index is 5.41. The SMILES string of the molecule is Cc1ccccc1-c1cccc(N2CCOCC2)c1. The number of ether oxygens (including phenoxy) is 1. The van der Waals surface area contributed by atoms with Gasteiger partial charge in [-0.15, -0.1) is 0 Å². The third-order valence-electron chi connectivity index (χ3n) is 3.68. The van der Waals surface area contributed by atoms with Gasteiger partial charge in [-0.2, -0.15) is 0 Å². The third-order valence-corrected chi connectivity index (χ3v) is 3.68. The van der Waals surface area contributed by atoms with Crippen LogP contribution in [0.15, 0.2) is 48.5 Å². The van der Waals surface area contributed by atoms with Crippen molar-refractivity contribution in [1.29, 1.82) is 0 Å². The van der Waals surface area contributed by atoms with Crippen LogP contribution in [-0.4, -0.2) is 26.3 Å². The van der Waals surface area contributed by atoms with Gasteiger partial charge in [0, 0.05) is 18.8 Å². The quantitative estimate of drug-likeness (QED) is 0.812. The summed E-state index contributed by atoms with van der Waals surface area (Å²) in [5.74, 6) is 0. The molecule has 0 aromatic heterocycles. The largest absolute Gasteiger partial charge is 0.378 e. The Labute approximate surface area is 114 Å². The van der Waals surface area contributed by atoms with Crippen LogP contribution in [0.25, 0.3) is 11.1 Å². The van der Waals surface area contributed by atoms with Crippen molar-refractivity contribution in [3.8, 4) is 11.1 Å². The number of hydrogen-bond acceptors (Lipinski definition) is 2. The Morgan fingerprint density at radius 3 is 2.53 bits per heavy atom. The van der Waals surface area contributed by atoms with Gasteiger partial charge in [-0.1, -0.05) is 36.4 Å². The predicted molar refractivity (Wildman–Crippen MR) is 79.6 cm³/mol. The molecule has 0 atom stereocenters. The summed E-state index contributed by atoms with van der Waals surface area (Å²) in [6.07, 6.45) is 0. The van der Waals surface area contributed by atoms with E-state index >= 15 is 0 Å². The molecular weight excluding hydrogens is 234 g/mol. The summed E-state index contributed by atoms with van der Waals surface area (Å²) >= 11 is 0. The summed E-state index contributed by atoms with van der Waals surface area (Å²) in [5.41, 5.74) is 5.23. The van der Waals surface area contributed by atoms with Crippen molar-refractivity contribution < 1.29 is 4.74 Å². The van der Waals surface area contributed by atoms with Gasteiger partial charge in [-0.3, -0.25) is 0 Å². The van der Waals surface area contributed by atoms with Gasteiger partial charge in [0.25, 0.3) is 0 Å². The van der Waals surface area contributed by atoms with E-state index in [0.29, 0.717) is 0 Å². The van der Waals surface area contributed by atoms with Gasteiger partial charge in [-0.05, 0) is 35.7 Å². The van der Waals surface area contributed by atoms with Crippen molar-refractivity contribution in [2.75, 3.05) is 31.2 Å². The van der Waals surface area contributed by atoms with Crippen LogP contribution in [0.4, 0.5) is 5.69 Å². The zero-order chi connectivity index (χ0) is 13.1. The van der Waals surface area contributed by atoms with Gasteiger partial charge >= 0.3 is 0 Å². The molecule has 0 aliphatic carbocycles. The third kappa shape index (κ3) is 2.64. The zero-order valence-electron chi connectivity index (χ0n) is 11.3. The maximum absolute atomic E-state index is 5.41. The lowest BCUT2D eigenvalue weighted by atomic mass is 10.00. The van der Waals surface area contributed by atoms with Gasteiger partial charge < -0.3 is 9.64 Å². The Morgan fingerprint density at radius 2 is 1.74 bits per heavy atom. The average Bonchev–Trinajstić information content (AvgIpc) is 2.49. The van der Waals surface area contributed by atoms with E-state index in [-0.39, 0.29) is 0 Å². The summed E-state index contributed by atoms with van der Waals surface area (Å²) in [7, 11) is 0. The highest BCUT2D eigenvalue weighted by Gasteiger charge is 2.11. The van der Waals surface area contributed by atoms with E-state index in [0.717, 1.165) is 26.3 Å². The minimum atomic E-state index is 0.828. The molecule has 0 amide bonds. The fraction of sp³-hybridized carbons (Fsp3) is 0.294. The molecule has 2 heteroatoms. The van der Waals surface area contributed by atoms with Crippen LogP contribution in [0.2, 0.25) is 0 Å². The molecule has 2 aromatic rings. The van der Waals surface area contributed by atoms with Crippen LogP contribution in [0.5, 0.6) is 0 Å². The van der Waals surface area contributed by atoms with Gasteiger partial charge in [0.2, 0.25) is 0 Å². The van der Waals surface area contributed by atoms with Crippen LogP contribution in [-0.2, 0) is 4.74 Å². The Bertz CT molecular complexity index is 559. The zero-order valence-corrected chi connectivity index (χ0v) is 11.3. The van der Waals surface area contributed by atoms with Crippen molar-refractivity contribution in [1.82, 2.24) is 0 Å². The summed E-state index contributed by atoms with van der Waals surface area (Å²) < 4.78 is 5.41. The van der Waals surface area contributed by atoms with Crippen molar-refractivity contribution in [2.45, 2.75) is 6.92 Å². The molecule has 2 nitrogen and oxygen atoms in total. The molecule has 0 bridgehead atoms. The second kappa shape index (κ2) is 5.45. The fourth-order valence-electron chi connectivity index (χ4n) is 2.59. The number of morpholine rings is 1. The second-order valence-electron chi connectivity index (χ2n) is 4.96. The van der Waals surface area contributed by atoms with E-state index in [2.05, 4.69) is 60.4 Å². The van der Waals surface area contributed by atoms with Crippen molar-refractivity contribution in [3.05, 3.63) is 54.1 Å². The van der Waals surface area contributed by atoms with E-state index in [1.54, 1.807) is 0 Å². The second-order valence-corrected chi connectivity index (χ2v) is 4.96. The van der Waals surface area contributed by atoms with Crippen molar-refractivity contribution in [2.24, 2.45) is 0 Å². The summed E-state index contributed by atoms with van der Waals surface area (Å²) in [6.45, 7) is 5.79. The average molecular weight is 253 g/mol. The minimum absolute atomic E-state index is 0.828. The number of nitrogens with zero attached hydrogens (tertiary/aromatic N) is 1. The number of rotatable bonds is 2. The van der Waals surface area contributed by atoms with Crippen LogP contribution in [0, 0.1) is 6.92 Å². The number of aryl methyl sites for hydroxylation is 1. The molecule has 1 aliphatic heterocycles. The van der Waals surface area contributed by atoms with E-state index < -0.39 is 0 Å². The van der Waals surface area contributed by atoms with Crippen LogP contribution in [0.1, 0.15) is 5.56 Å². The number of anilines is 1. The summed E-state index contributed by atoms with van der Waals surface area (Å²) in [5, 5.41) is 0. The molecular formula is C17H19NO. The first-order valence-electron chi connectivity index (χ1n) is 6.83. The van der Waals surface area contributed by atoms with Gasteiger partial charge in [0.05, 0.1) is 13.2 Å². The predicted octanol–water partition coefficient (Wildman–Crippen LogP) is 3.50. The van der Waals surface area contributed by atoms with E-state index in [9.17, 15) is 0 Å². The molecule has 0 N–H and O–H groups in total. The van der Waals surface area contributed by atoms with Crippen LogP contribution in [0.3, 0.4) is 0 Å². The molecule has 98 valence electrons. The molecule has 1 fully saturated rings. The van der Waals surface area contributed by atoms with Crippen LogP contribution >= 0.6 is 0 Å². The highest BCUT2D eigenvalue weighted by molar-refractivity contribution is 5.71. The molecule has 3 rings (SSSR count). The number of hydrogen-bond donors (Lipinski definition) is 0. The summed E-state index contributed by atoms with van der Waals surface area (Å²) in [6, 6.07) is 17.3. The van der Waals surface area contributed by atoms with Gasteiger partial charge in [0.15, 0.2) is 0 Å². The molecule has 0 unspecified atom stereocenters. The molecule has 2 aromatic carbocycles. The molecule has 1 heterocycles. The molecule has 0 spiro atoms. The molecule has 0 saturated carbocycles. The van der Waals surface area contributed by atoms with E-state index in [4.69, 9.17) is 4.74 Å². The van der Waals surface area contributed by atoms with Crippen LogP contribution < -0.4 is 4.90 Å². The van der Waals surface area contributed by atoms with Gasteiger partial charge in [-0.25, -0.2) is 0 Å². The summed E-state index contributed by atoms with van der Waals surface area (Å²) in [4.78, 5) is 2.39. The Morgan fingerprint density at radius 1 is 0.947 bits per heavy atom. The van der Waals surface area contributed by atoms with Crippen molar-refractivity contribution in [3.63, 3.8) is 0 Å².